The Labute approximate surface area is 289 Å². The minimum atomic E-state index is -1.02. The highest BCUT2D eigenvalue weighted by Crippen LogP contribution is 2.15. The molecule has 0 saturated heterocycles. The summed E-state index contributed by atoms with van der Waals surface area (Å²) in [5.74, 6) is -1.34. The van der Waals surface area contributed by atoms with Crippen LogP contribution in [0.3, 0.4) is 0 Å². The zero-order valence-electron chi connectivity index (χ0n) is 30.6. The van der Waals surface area contributed by atoms with Crippen LogP contribution in [-0.2, 0) is 19.1 Å². The van der Waals surface area contributed by atoms with Crippen molar-refractivity contribution in [3.05, 3.63) is 24.3 Å². The number of carbonyl (C=O) groups is 3. The fourth-order valence-corrected chi connectivity index (χ4v) is 5.71. The van der Waals surface area contributed by atoms with Crippen LogP contribution in [0.1, 0.15) is 194 Å². The molecule has 0 heterocycles. The van der Waals surface area contributed by atoms with Crippen LogP contribution < -0.4 is 11.1 Å². The van der Waals surface area contributed by atoms with Crippen molar-refractivity contribution in [2.75, 3.05) is 6.54 Å². The summed E-state index contributed by atoms with van der Waals surface area (Å²) in [7, 11) is 0. The zero-order valence-corrected chi connectivity index (χ0v) is 30.6. The fourth-order valence-electron chi connectivity index (χ4n) is 5.71. The van der Waals surface area contributed by atoms with Gasteiger partial charge in [0.1, 0.15) is 12.1 Å². The zero-order chi connectivity index (χ0) is 34.6. The Hall–Kier alpha value is -2.15. The molecule has 0 spiro atoms. The number of nitrogens with two attached hydrogens (primary N) is 1. The average molecular weight is 663 g/mol. The highest BCUT2D eigenvalue weighted by atomic mass is 16.5. The van der Waals surface area contributed by atoms with E-state index < -0.39 is 12.0 Å². The third-order valence-electron chi connectivity index (χ3n) is 8.72. The van der Waals surface area contributed by atoms with Gasteiger partial charge < -0.3 is 20.9 Å². The first-order valence-electron chi connectivity index (χ1n) is 19.7. The summed E-state index contributed by atoms with van der Waals surface area (Å²) in [5.41, 5.74) is 5.46. The maximum Gasteiger partial charge on any atom is 0.326 e. The third kappa shape index (κ3) is 32.2. The van der Waals surface area contributed by atoms with Gasteiger partial charge in [-0.25, -0.2) is 4.79 Å². The highest BCUT2D eigenvalue weighted by Gasteiger charge is 2.19. The van der Waals surface area contributed by atoms with Gasteiger partial charge in [0, 0.05) is 12.8 Å². The number of unbranched alkanes of at least 4 members (excludes halogenated alkanes) is 19. The lowest BCUT2D eigenvalue weighted by Gasteiger charge is -2.15. The van der Waals surface area contributed by atoms with Gasteiger partial charge >= 0.3 is 11.9 Å². The number of hydrogen-bond donors (Lipinski definition) is 3. The van der Waals surface area contributed by atoms with Crippen molar-refractivity contribution < 1.29 is 24.2 Å². The molecular weight excluding hydrogens is 588 g/mol. The van der Waals surface area contributed by atoms with Gasteiger partial charge in [-0.3, -0.25) is 9.59 Å². The molecule has 0 aromatic carbocycles. The number of allylic oxidation sites excluding steroid dienone is 3. The molecule has 0 aliphatic heterocycles. The number of esters is 1. The number of rotatable bonds is 35. The van der Waals surface area contributed by atoms with Crippen LogP contribution in [0.2, 0.25) is 0 Å². The standard InChI is InChI=1S/C40H74N2O5/c1-3-5-7-9-10-11-12-13-14-15-16-17-18-19-20-22-28-34-39(44)47-36(30-25-21-8-6-4-2)31-26-23-24-27-33-38(43)42-37(40(45)46)32-29-35-41/h13-14,25,30,36-37H,3-12,15-24,26-29,31-35,41H2,1-2H3,(H,42,43)(H,45,46)/b14-13-,30-25-. The summed E-state index contributed by atoms with van der Waals surface area (Å²) in [6.07, 6.45) is 38.2. The maximum atomic E-state index is 12.6. The van der Waals surface area contributed by atoms with Gasteiger partial charge in [-0.2, -0.15) is 0 Å². The van der Waals surface area contributed by atoms with E-state index in [1.54, 1.807) is 0 Å². The van der Waals surface area contributed by atoms with Gasteiger partial charge in [0.2, 0.25) is 5.91 Å². The van der Waals surface area contributed by atoms with E-state index >= 15 is 0 Å². The van der Waals surface area contributed by atoms with E-state index in [1.807, 2.05) is 0 Å². The van der Waals surface area contributed by atoms with E-state index in [4.69, 9.17) is 10.5 Å². The Morgan fingerprint density at radius 3 is 1.70 bits per heavy atom. The van der Waals surface area contributed by atoms with Gasteiger partial charge in [-0.1, -0.05) is 122 Å². The Kier molecular flexibility index (Phi) is 33.6. The van der Waals surface area contributed by atoms with E-state index in [2.05, 4.69) is 43.5 Å². The molecule has 0 bridgehead atoms. The second-order valence-electron chi connectivity index (χ2n) is 13.3. The van der Waals surface area contributed by atoms with Crippen LogP contribution in [0.5, 0.6) is 0 Å². The highest BCUT2D eigenvalue weighted by molar-refractivity contribution is 5.83. The van der Waals surface area contributed by atoms with E-state index in [9.17, 15) is 19.5 Å². The first-order valence-corrected chi connectivity index (χ1v) is 19.7. The van der Waals surface area contributed by atoms with Crippen molar-refractivity contribution in [1.82, 2.24) is 5.32 Å². The summed E-state index contributed by atoms with van der Waals surface area (Å²) in [4.78, 5) is 36.1. The monoisotopic (exact) mass is 663 g/mol. The van der Waals surface area contributed by atoms with Crippen LogP contribution in [0.15, 0.2) is 24.3 Å². The normalized spacial score (nSPS) is 12.9. The van der Waals surface area contributed by atoms with E-state index in [0.29, 0.717) is 38.6 Å². The second-order valence-corrected chi connectivity index (χ2v) is 13.3. The van der Waals surface area contributed by atoms with E-state index in [1.165, 1.54) is 96.3 Å². The number of ether oxygens (including phenoxy) is 1. The molecular formula is C40H74N2O5. The molecule has 4 N–H and O–H groups in total. The first kappa shape index (κ1) is 44.9. The lowest BCUT2D eigenvalue weighted by Crippen LogP contribution is -2.40. The summed E-state index contributed by atoms with van der Waals surface area (Å²) < 4.78 is 5.87. The average Bonchev–Trinajstić information content (AvgIpc) is 3.05. The van der Waals surface area contributed by atoms with Crippen molar-refractivity contribution in [1.29, 1.82) is 0 Å². The first-order chi connectivity index (χ1) is 22.9. The Morgan fingerprint density at radius 2 is 1.11 bits per heavy atom. The minimum absolute atomic E-state index is 0.0970. The van der Waals surface area contributed by atoms with Crippen molar-refractivity contribution in [2.45, 2.75) is 206 Å². The molecule has 1 amide bonds. The summed E-state index contributed by atoms with van der Waals surface area (Å²) >= 11 is 0. The molecule has 0 aromatic heterocycles. The van der Waals surface area contributed by atoms with Gasteiger partial charge in [-0.05, 0) is 89.7 Å². The van der Waals surface area contributed by atoms with Crippen molar-refractivity contribution in [3.8, 4) is 0 Å². The number of aliphatic carboxylic acids is 1. The smallest absolute Gasteiger partial charge is 0.326 e. The Bertz CT molecular complexity index is 797. The van der Waals surface area contributed by atoms with E-state index in [0.717, 1.165) is 51.4 Å². The molecule has 0 saturated carbocycles. The molecule has 0 rings (SSSR count). The number of carboxylic acids is 1. The molecule has 0 aliphatic carbocycles. The van der Waals surface area contributed by atoms with Gasteiger partial charge in [-0.15, -0.1) is 0 Å². The molecule has 7 nitrogen and oxygen atoms in total. The van der Waals surface area contributed by atoms with Gasteiger partial charge in [0.15, 0.2) is 0 Å². The number of carboxylic acid groups (broad SMARTS) is 1. The summed E-state index contributed by atoms with van der Waals surface area (Å²) in [6.45, 7) is 4.87. The van der Waals surface area contributed by atoms with Crippen LogP contribution in [0.25, 0.3) is 0 Å². The maximum absolute atomic E-state index is 12.6. The van der Waals surface area contributed by atoms with Crippen molar-refractivity contribution in [2.24, 2.45) is 5.73 Å². The predicted molar refractivity (Wildman–Crippen MR) is 197 cm³/mol. The lowest BCUT2D eigenvalue weighted by molar-refractivity contribution is -0.147. The van der Waals surface area contributed by atoms with Crippen LogP contribution in [0, 0.1) is 0 Å². The molecule has 2 unspecified atom stereocenters. The molecule has 0 aliphatic rings. The van der Waals surface area contributed by atoms with Crippen LogP contribution >= 0.6 is 0 Å². The minimum Gasteiger partial charge on any atom is -0.480 e. The SMILES string of the molecule is CCCCC/C=C\C(CCCCCCC(=O)NC(CCCN)C(=O)O)OC(=O)CCCCCCCCC/C=C\CCCCCCCC. The van der Waals surface area contributed by atoms with Crippen molar-refractivity contribution >= 4 is 17.8 Å². The third-order valence-corrected chi connectivity index (χ3v) is 8.72. The van der Waals surface area contributed by atoms with Gasteiger partial charge in [0.05, 0.1) is 0 Å². The lowest BCUT2D eigenvalue weighted by atomic mass is 10.1. The van der Waals surface area contributed by atoms with E-state index in [-0.39, 0.29) is 18.0 Å². The van der Waals surface area contributed by atoms with Gasteiger partial charge in [0.25, 0.3) is 0 Å². The number of amides is 1. The predicted octanol–water partition coefficient (Wildman–Crippen LogP) is 10.5. The molecule has 0 aromatic rings. The molecule has 274 valence electrons. The second kappa shape index (κ2) is 35.2. The van der Waals surface area contributed by atoms with Crippen LogP contribution in [0.4, 0.5) is 0 Å². The Morgan fingerprint density at radius 1 is 0.617 bits per heavy atom. The topological polar surface area (TPSA) is 119 Å². The number of carbonyl (C=O) groups excluding carboxylic acids is 2. The molecule has 0 radical (unpaired) electrons. The molecule has 0 fully saturated rings. The largest absolute Gasteiger partial charge is 0.480 e. The Balaban J connectivity index is 4.10. The number of nitrogens with one attached hydrogen (secondary N) is 1. The number of hydrogen-bond acceptors (Lipinski definition) is 5. The molecule has 47 heavy (non-hydrogen) atoms. The summed E-state index contributed by atoms with van der Waals surface area (Å²) in [6, 6.07) is -0.868. The van der Waals surface area contributed by atoms with Crippen LogP contribution in [-0.4, -0.2) is 41.6 Å². The van der Waals surface area contributed by atoms with Crippen molar-refractivity contribution in [3.63, 3.8) is 0 Å². The molecule has 2 atom stereocenters. The quantitative estimate of drug-likeness (QED) is 0.0353. The summed E-state index contributed by atoms with van der Waals surface area (Å²) in [5, 5.41) is 11.9. The molecule has 7 heteroatoms. The fraction of sp³-hybridized carbons (Fsp3) is 0.825.